The topological polar surface area (TPSA) is 12.0 Å². The average Bonchev–Trinajstić information content (AvgIpc) is 3.28. The lowest BCUT2D eigenvalue weighted by atomic mass is 9.86. The van der Waals surface area contributed by atoms with Crippen LogP contribution < -0.4 is 5.32 Å². The number of benzene rings is 2. The Hall–Kier alpha value is -1.34. The van der Waals surface area contributed by atoms with E-state index in [0.717, 1.165) is 18.4 Å². The molecule has 0 radical (unpaired) electrons. The molecule has 1 nitrogen and oxygen atoms in total. The molecule has 0 heterocycles. The molecule has 2 aromatic carbocycles. The maximum Gasteiger partial charge on any atom is 0.0354 e. The summed E-state index contributed by atoms with van der Waals surface area (Å²) in [5, 5.41) is 6.83. The van der Waals surface area contributed by atoms with Crippen LogP contribution in [0.2, 0.25) is 0 Å². The first-order valence-corrected chi connectivity index (χ1v) is 8.56. The van der Waals surface area contributed by atoms with E-state index >= 15 is 0 Å². The van der Waals surface area contributed by atoms with E-state index < -0.39 is 0 Å². The van der Waals surface area contributed by atoms with Crippen molar-refractivity contribution in [1.82, 2.24) is 5.32 Å². The van der Waals surface area contributed by atoms with Crippen LogP contribution in [0.3, 0.4) is 0 Å². The third-order valence-corrected chi connectivity index (χ3v) is 5.56. The standard InChI is InChI=1S/C20H25N/c1-3-21-20(13(2)14-7-8-14)18-12-11-16-10-9-15-5-4-6-17(18)19(15)16/h4-6,11-14,20-21H,3,7-10H2,1-2H3. The van der Waals surface area contributed by atoms with Gasteiger partial charge in [-0.3, -0.25) is 0 Å². The minimum atomic E-state index is 0.507. The third-order valence-electron chi connectivity index (χ3n) is 5.56. The highest BCUT2D eigenvalue weighted by Gasteiger charge is 2.34. The number of aryl methyl sites for hydroxylation is 2. The number of nitrogens with one attached hydrogen (secondary N) is 1. The first kappa shape index (κ1) is 13.3. The first-order chi connectivity index (χ1) is 10.3. The maximum absolute atomic E-state index is 3.77. The first-order valence-electron chi connectivity index (χ1n) is 8.56. The van der Waals surface area contributed by atoms with E-state index in [9.17, 15) is 0 Å². The van der Waals surface area contributed by atoms with Crippen molar-refractivity contribution in [2.24, 2.45) is 11.8 Å². The lowest BCUT2D eigenvalue weighted by molar-refractivity contribution is 0.357. The van der Waals surface area contributed by atoms with E-state index in [0.29, 0.717) is 6.04 Å². The van der Waals surface area contributed by atoms with Crippen LogP contribution in [0.15, 0.2) is 30.3 Å². The molecule has 4 rings (SSSR count). The lowest BCUT2D eigenvalue weighted by Crippen LogP contribution is -2.28. The molecule has 1 saturated carbocycles. The highest BCUT2D eigenvalue weighted by Crippen LogP contribution is 2.45. The molecule has 2 aliphatic carbocycles. The minimum absolute atomic E-state index is 0.507. The predicted octanol–water partition coefficient (Wildman–Crippen LogP) is 4.64. The number of rotatable bonds is 5. The Kier molecular flexibility index (Phi) is 3.26. The van der Waals surface area contributed by atoms with Crippen LogP contribution in [0.4, 0.5) is 0 Å². The van der Waals surface area contributed by atoms with Crippen LogP contribution in [0.1, 0.15) is 49.4 Å². The van der Waals surface area contributed by atoms with Crippen LogP contribution in [0.25, 0.3) is 10.8 Å². The van der Waals surface area contributed by atoms with E-state index in [1.54, 1.807) is 16.5 Å². The Morgan fingerprint density at radius 3 is 2.57 bits per heavy atom. The van der Waals surface area contributed by atoms with E-state index in [-0.39, 0.29) is 0 Å². The number of hydrogen-bond donors (Lipinski definition) is 1. The van der Waals surface area contributed by atoms with Gasteiger partial charge in [0.2, 0.25) is 0 Å². The Morgan fingerprint density at radius 1 is 1.10 bits per heavy atom. The summed E-state index contributed by atoms with van der Waals surface area (Å²) >= 11 is 0. The molecule has 2 atom stereocenters. The zero-order chi connectivity index (χ0) is 14.4. The van der Waals surface area contributed by atoms with E-state index in [1.165, 1.54) is 36.6 Å². The Morgan fingerprint density at radius 2 is 1.86 bits per heavy atom. The van der Waals surface area contributed by atoms with Gasteiger partial charge in [-0.25, -0.2) is 0 Å². The van der Waals surface area contributed by atoms with Crippen molar-refractivity contribution in [3.8, 4) is 0 Å². The molecule has 2 unspecified atom stereocenters. The van der Waals surface area contributed by atoms with Gasteiger partial charge < -0.3 is 5.32 Å². The summed E-state index contributed by atoms with van der Waals surface area (Å²) in [6, 6.07) is 12.2. The molecule has 0 aromatic heterocycles. The Labute approximate surface area is 127 Å². The molecule has 2 aliphatic rings. The second-order valence-corrected chi connectivity index (χ2v) is 6.89. The minimum Gasteiger partial charge on any atom is -0.310 e. The lowest BCUT2D eigenvalue weighted by Gasteiger charge is -2.27. The summed E-state index contributed by atoms with van der Waals surface area (Å²) in [6.07, 6.45) is 5.29. The van der Waals surface area contributed by atoms with Crippen LogP contribution in [0, 0.1) is 11.8 Å². The molecule has 21 heavy (non-hydrogen) atoms. The third kappa shape index (κ3) is 2.19. The second-order valence-electron chi connectivity index (χ2n) is 6.89. The van der Waals surface area contributed by atoms with Gasteiger partial charge in [0.15, 0.2) is 0 Å². The largest absolute Gasteiger partial charge is 0.310 e. The summed E-state index contributed by atoms with van der Waals surface area (Å²) in [6.45, 7) is 5.71. The molecule has 1 heteroatoms. The molecule has 2 aromatic rings. The number of hydrogen-bond acceptors (Lipinski definition) is 1. The van der Waals surface area contributed by atoms with Gasteiger partial charge in [0.05, 0.1) is 0 Å². The monoisotopic (exact) mass is 279 g/mol. The average molecular weight is 279 g/mol. The summed E-state index contributed by atoms with van der Waals surface area (Å²) in [7, 11) is 0. The predicted molar refractivity (Wildman–Crippen MR) is 89.7 cm³/mol. The molecule has 110 valence electrons. The van der Waals surface area contributed by atoms with Crippen molar-refractivity contribution in [1.29, 1.82) is 0 Å². The van der Waals surface area contributed by atoms with Gasteiger partial charge in [-0.1, -0.05) is 44.2 Å². The fourth-order valence-corrected chi connectivity index (χ4v) is 4.23. The molecule has 0 spiro atoms. The molecule has 1 N–H and O–H groups in total. The molecule has 0 amide bonds. The normalized spacial score (nSPS) is 19.9. The van der Waals surface area contributed by atoms with Gasteiger partial charge in [-0.05, 0) is 71.5 Å². The zero-order valence-corrected chi connectivity index (χ0v) is 13.2. The highest BCUT2D eigenvalue weighted by molar-refractivity contribution is 5.93. The smallest absolute Gasteiger partial charge is 0.0354 e. The summed E-state index contributed by atoms with van der Waals surface area (Å²) in [5.74, 6) is 1.67. The van der Waals surface area contributed by atoms with Crippen LogP contribution in [0.5, 0.6) is 0 Å². The summed E-state index contributed by atoms with van der Waals surface area (Å²) in [4.78, 5) is 0. The van der Waals surface area contributed by atoms with Crippen LogP contribution >= 0.6 is 0 Å². The van der Waals surface area contributed by atoms with Gasteiger partial charge in [0.25, 0.3) is 0 Å². The molecule has 0 bridgehead atoms. The van der Waals surface area contributed by atoms with E-state index in [1.807, 2.05) is 0 Å². The van der Waals surface area contributed by atoms with Crippen molar-refractivity contribution in [2.75, 3.05) is 6.54 Å². The fourth-order valence-electron chi connectivity index (χ4n) is 4.23. The fraction of sp³-hybridized carbons (Fsp3) is 0.500. The van der Waals surface area contributed by atoms with Gasteiger partial charge in [0, 0.05) is 6.04 Å². The van der Waals surface area contributed by atoms with Gasteiger partial charge in [-0.2, -0.15) is 0 Å². The van der Waals surface area contributed by atoms with Crippen molar-refractivity contribution in [3.05, 3.63) is 47.0 Å². The van der Waals surface area contributed by atoms with Crippen molar-refractivity contribution in [2.45, 2.75) is 45.6 Å². The van der Waals surface area contributed by atoms with Crippen molar-refractivity contribution < 1.29 is 0 Å². The highest BCUT2D eigenvalue weighted by atomic mass is 14.9. The van der Waals surface area contributed by atoms with Crippen molar-refractivity contribution in [3.63, 3.8) is 0 Å². The zero-order valence-electron chi connectivity index (χ0n) is 13.2. The SMILES string of the molecule is CCNC(c1ccc2c3c(cccc13)CC2)C(C)C1CC1. The van der Waals surface area contributed by atoms with Crippen LogP contribution in [-0.2, 0) is 12.8 Å². The van der Waals surface area contributed by atoms with Crippen LogP contribution in [-0.4, -0.2) is 6.54 Å². The van der Waals surface area contributed by atoms with E-state index in [4.69, 9.17) is 0 Å². The quantitative estimate of drug-likeness (QED) is 0.841. The maximum atomic E-state index is 3.77. The molecular weight excluding hydrogens is 254 g/mol. The Bertz CT molecular complexity index is 659. The van der Waals surface area contributed by atoms with E-state index in [2.05, 4.69) is 49.5 Å². The summed E-state index contributed by atoms with van der Waals surface area (Å²) in [5.41, 5.74) is 4.64. The molecular formula is C20H25N. The molecule has 0 saturated heterocycles. The Balaban J connectivity index is 1.84. The molecule has 0 aliphatic heterocycles. The van der Waals surface area contributed by atoms with Gasteiger partial charge in [-0.15, -0.1) is 0 Å². The summed E-state index contributed by atoms with van der Waals surface area (Å²) < 4.78 is 0. The molecule has 1 fully saturated rings. The van der Waals surface area contributed by atoms with Crippen molar-refractivity contribution >= 4 is 10.8 Å². The van der Waals surface area contributed by atoms with Gasteiger partial charge >= 0.3 is 0 Å². The van der Waals surface area contributed by atoms with Gasteiger partial charge in [0.1, 0.15) is 0 Å². The second kappa shape index (κ2) is 5.14.